The molecule has 142 valence electrons. The maximum Gasteiger partial charge on any atom is 0.230 e. The SMILES string of the molecule is COc1ccc(-c2cc(C)nc(SCC(=O)N[C@@H]3C[C@H]4CC[C@H]3C4)n2)cc1. The molecule has 5 nitrogen and oxygen atoms in total. The summed E-state index contributed by atoms with van der Waals surface area (Å²) in [5, 5.41) is 3.87. The molecule has 6 heteroatoms. The fraction of sp³-hybridized carbons (Fsp3) is 0.476. The summed E-state index contributed by atoms with van der Waals surface area (Å²) in [5.74, 6) is 2.80. The van der Waals surface area contributed by atoms with Crippen LogP contribution in [0.25, 0.3) is 11.3 Å². The molecule has 2 fully saturated rings. The lowest BCUT2D eigenvalue weighted by Gasteiger charge is -2.22. The van der Waals surface area contributed by atoms with Crippen molar-refractivity contribution in [2.75, 3.05) is 12.9 Å². The van der Waals surface area contributed by atoms with Crippen LogP contribution in [0.5, 0.6) is 5.75 Å². The summed E-state index contributed by atoms with van der Waals surface area (Å²) in [6.45, 7) is 1.95. The zero-order valence-corrected chi connectivity index (χ0v) is 16.6. The molecular formula is C21H25N3O2S. The molecule has 2 aliphatic carbocycles. The lowest BCUT2D eigenvalue weighted by molar-refractivity contribution is -0.119. The highest BCUT2D eigenvalue weighted by Crippen LogP contribution is 2.44. The number of benzene rings is 1. The molecule has 2 bridgehead atoms. The van der Waals surface area contributed by atoms with Crippen LogP contribution in [-0.2, 0) is 4.79 Å². The van der Waals surface area contributed by atoms with E-state index < -0.39 is 0 Å². The first-order valence-electron chi connectivity index (χ1n) is 9.53. The standard InChI is InChI=1S/C21H25N3O2S/c1-13-9-18(15-5-7-17(26-2)8-6-15)24-21(22-13)27-12-20(25)23-19-11-14-3-4-16(19)10-14/h5-9,14,16,19H,3-4,10-12H2,1-2H3,(H,23,25)/t14-,16-,19+/m0/s1. The summed E-state index contributed by atoms with van der Waals surface area (Å²) in [5.41, 5.74) is 2.77. The van der Waals surface area contributed by atoms with Crippen molar-refractivity contribution in [1.29, 1.82) is 0 Å². The van der Waals surface area contributed by atoms with Gasteiger partial charge in [-0.25, -0.2) is 9.97 Å². The van der Waals surface area contributed by atoms with E-state index in [4.69, 9.17) is 4.74 Å². The Bertz CT molecular complexity index is 825. The van der Waals surface area contributed by atoms with E-state index in [-0.39, 0.29) is 5.91 Å². The number of hydrogen-bond donors (Lipinski definition) is 1. The number of hydrogen-bond acceptors (Lipinski definition) is 5. The molecule has 27 heavy (non-hydrogen) atoms. The van der Waals surface area contributed by atoms with E-state index in [9.17, 15) is 4.79 Å². The number of carbonyl (C=O) groups excluding carboxylic acids is 1. The molecule has 1 aromatic carbocycles. The number of fused-ring (bicyclic) bond motifs is 2. The highest BCUT2D eigenvalue weighted by molar-refractivity contribution is 7.99. The van der Waals surface area contributed by atoms with Gasteiger partial charge in [0.2, 0.25) is 5.91 Å². The molecule has 1 amide bonds. The van der Waals surface area contributed by atoms with Crippen LogP contribution in [0.2, 0.25) is 0 Å². The monoisotopic (exact) mass is 383 g/mol. The van der Waals surface area contributed by atoms with Crippen molar-refractivity contribution in [3.05, 3.63) is 36.0 Å². The predicted octanol–water partition coefficient (Wildman–Crippen LogP) is 3.86. The zero-order valence-electron chi connectivity index (χ0n) is 15.8. The summed E-state index contributed by atoms with van der Waals surface area (Å²) in [4.78, 5) is 21.5. The van der Waals surface area contributed by atoms with Crippen LogP contribution in [-0.4, -0.2) is 34.8 Å². The Balaban J connectivity index is 1.38. The van der Waals surface area contributed by atoms with Crippen LogP contribution < -0.4 is 10.1 Å². The maximum atomic E-state index is 12.4. The maximum absolute atomic E-state index is 12.4. The van der Waals surface area contributed by atoms with E-state index in [1.807, 2.05) is 37.3 Å². The second-order valence-electron chi connectivity index (χ2n) is 7.54. The number of aryl methyl sites for hydroxylation is 1. The van der Waals surface area contributed by atoms with E-state index in [1.165, 1.54) is 31.0 Å². The van der Waals surface area contributed by atoms with Crippen molar-refractivity contribution < 1.29 is 9.53 Å². The van der Waals surface area contributed by atoms with E-state index in [0.717, 1.165) is 35.0 Å². The largest absolute Gasteiger partial charge is 0.497 e. The van der Waals surface area contributed by atoms with Crippen molar-refractivity contribution in [3.8, 4) is 17.0 Å². The van der Waals surface area contributed by atoms with Gasteiger partial charge in [0.25, 0.3) is 0 Å². The Kier molecular flexibility index (Phi) is 5.34. The number of amides is 1. The highest BCUT2D eigenvalue weighted by atomic mass is 32.2. The lowest BCUT2D eigenvalue weighted by atomic mass is 9.95. The highest BCUT2D eigenvalue weighted by Gasteiger charge is 2.39. The zero-order chi connectivity index (χ0) is 18.8. The van der Waals surface area contributed by atoms with Crippen LogP contribution in [0.3, 0.4) is 0 Å². The first kappa shape index (κ1) is 18.3. The molecule has 2 aromatic rings. The first-order chi connectivity index (χ1) is 13.1. The Morgan fingerprint density at radius 1 is 1.22 bits per heavy atom. The summed E-state index contributed by atoms with van der Waals surface area (Å²) in [7, 11) is 1.65. The predicted molar refractivity (Wildman–Crippen MR) is 107 cm³/mol. The van der Waals surface area contributed by atoms with Crippen LogP contribution in [0.4, 0.5) is 0 Å². The molecular weight excluding hydrogens is 358 g/mol. The number of carbonyl (C=O) groups is 1. The number of thioether (sulfide) groups is 1. The molecule has 0 unspecified atom stereocenters. The summed E-state index contributed by atoms with van der Waals surface area (Å²) < 4.78 is 5.21. The van der Waals surface area contributed by atoms with E-state index in [2.05, 4.69) is 15.3 Å². The van der Waals surface area contributed by atoms with Gasteiger partial charge in [0.1, 0.15) is 5.75 Å². The molecule has 4 rings (SSSR count). The number of nitrogens with zero attached hydrogens (tertiary/aromatic N) is 2. The second kappa shape index (κ2) is 7.89. The Morgan fingerprint density at radius 3 is 2.70 bits per heavy atom. The smallest absolute Gasteiger partial charge is 0.230 e. The summed E-state index contributed by atoms with van der Waals surface area (Å²) >= 11 is 1.40. The lowest BCUT2D eigenvalue weighted by Crippen LogP contribution is -2.39. The van der Waals surface area contributed by atoms with E-state index in [1.54, 1.807) is 7.11 Å². The van der Waals surface area contributed by atoms with Crippen LogP contribution in [0, 0.1) is 18.8 Å². The topological polar surface area (TPSA) is 64.1 Å². The third-order valence-corrected chi connectivity index (χ3v) is 6.48. The number of methoxy groups -OCH3 is 1. The fourth-order valence-corrected chi connectivity index (χ4v) is 5.03. The van der Waals surface area contributed by atoms with Gasteiger partial charge < -0.3 is 10.1 Å². The molecule has 0 saturated heterocycles. The van der Waals surface area contributed by atoms with Gasteiger partial charge in [0.15, 0.2) is 5.16 Å². The van der Waals surface area contributed by atoms with Gasteiger partial charge in [-0.15, -0.1) is 0 Å². The van der Waals surface area contributed by atoms with Gasteiger partial charge in [0.05, 0.1) is 18.6 Å². The molecule has 2 aliphatic rings. The van der Waals surface area contributed by atoms with Crippen molar-refractivity contribution in [3.63, 3.8) is 0 Å². The number of rotatable bonds is 6. The quantitative estimate of drug-likeness (QED) is 0.606. The van der Waals surface area contributed by atoms with Gasteiger partial charge >= 0.3 is 0 Å². The average Bonchev–Trinajstić information content (AvgIpc) is 3.29. The molecule has 2 saturated carbocycles. The van der Waals surface area contributed by atoms with Crippen molar-refractivity contribution in [1.82, 2.24) is 15.3 Å². The molecule has 1 heterocycles. The van der Waals surface area contributed by atoms with Gasteiger partial charge in [-0.2, -0.15) is 0 Å². The minimum Gasteiger partial charge on any atom is -0.497 e. The third-order valence-electron chi connectivity index (χ3n) is 5.64. The number of nitrogens with one attached hydrogen (secondary N) is 1. The molecule has 0 spiro atoms. The molecule has 0 radical (unpaired) electrons. The van der Waals surface area contributed by atoms with Crippen LogP contribution in [0.1, 0.15) is 31.4 Å². The van der Waals surface area contributed by atoms with Crippen LogP contribution >= 0.6 is 11.8 Å². The fourth-order valence-electron chi connectivity index (χ4n) is 4.32. The number of aromatic nitrogens is 2. The molecule has 0 aliphatic heterocycles. The third kappa shape index (κ3) is 4.26. The second-order valence-corrected chi connectivity index (χ2v) is 8.49. The van der Waals surface area contributed by atoms with Crippen molar-refractivity contribution in [2.45, 2.75) is 43.8 Å². The van der Waals surface area contributed by atoms with Crippen LogP contribution in [0.15, 0.2) is 35.5 Å². The normalized spacial score (nSPS) is 23.4. The van der Waals surface area contributed by atoms with Gasteiger partial charge in [-0.1, -0.05) is 18.2 Å². The summed E-state index contributed by atoms with van der Waals surface area (Å²) in [6, 6.07) is 10.1. The molecule has 1 aromatic heterocycles. The van der Waals surface area contributed by atoms with Gasteiger partial charge in [-0.05, 0) is 68.4 Å². The Hall–Kier alpha value is -2.08. The van der Waals surface area contributed by atoms with E-state index in [0.29, 0.717) is 22.9 Å². The van der Waals surface area contributed by atoms with Crippen molar-refractivity contribution in [2.24, 2.45) is 11.8 Å². The average molecular weight is 384 g/mol. The minimum atomic E-state index is 0.0913. The van der Waals surface area contributed by atoms with Gasteiger partial charge in [-0.3, -0.25) is 4.79 Å². The van der Waals surface area contributed by atoms with E-state index >= 15 is 0 Å². The first-order valence-corrected chi connectivity index (χ1v) is 10.5. The molecule has 3 atom stereocenters. The Labute approximate surface area is 164 Å². The summed E-state index contributed by atoms with van der Waals surface area (Å²) in [6.07, 6.45) is 5.07. The van der Waals surface area contributed by atoms with Gasteiger partial charge in [0, 0.05) is 17.3 Å². The number of ether oxygens (including phenoxy) is 1. The Morgan fingerprint density at radius 2 is 2.04 bits per heavy atom. The minimum absolute atomic E-state index is 0.0913. The van der Waals surface area contributed by atoms with Crippen molar-refractivity contribution >= 4 is 17.7 Å². The molecule has 1 N–H and O–H groups in total.